The molecule has 1 saturated heterocycles. The molecule has 1 aliphatic heterocycles. The molecule has 0 unspecified atom stereocenters. The molecule has 1 aromatic carbocycles. The van der Waals surface area contributed by atoms with Crippen LogP contribution in [0.5, 0.6) is 0 Å². The zero-order valence-corrected chi connectivity index (χ0v) is 11.8. The minimum atomic E-state index is -3.59. The van der Waals surface area contributed by atoms with Crippen LogP contribution in [0, 0.1) is 0 Å². The Morgan fingerprint density at radius 2 is 2.15 bits per heavy atom. The summed E-state index contributed by atoms with van der Waals surface area (Å²) in [5, 5.41) is 9.97. The number of hydrogen-bond donors (Lipinski definition) is 1. The number of fused-ring (bicyclic) bond motifs is 1. The lowest BCUT2D eigenvalue weighted by Gasteiger charge is -2.23. The fourth-order valence-corrected chi connectivity index (χ4v) is 4.62. The number of sulfonamides is 1. The van der Waals surface area contributed by atoms with Crippen LogP contribution in [0.15, 0.2) is 41.4 Å². The first-order valence-corrected chi connectivity index (χ1v) is 8.05. The maximum Gasteiger partial charge on any atom is 0.244 e. The Morgan fingerprint density at radius 3 is 2.95 bits per heavy atom. The molecule has 1 aliphatic rings. The molecule has 1 aromatic heterocycles. The average molecular weight is 292 g/mol. The van der Waals surface area contributed by atoms with E-state index in [-0.39, 0.29) is 17.5 Å². The minimum Gasteiger partial charge on any atom is -0.395 e. The van der Waals surface area contributed by atoms with Gasteiger partial charge in [-0.15, -0.1) is 0 Å². The summed E-state index contributed by atoms with van der Waals surface area (Å²) in [4.78, 5) is 4.46. The van der Waals surface area contributed by atoms with Crippen molar-refractivity contribution in [2.24, 2.45) is 0 Å². The summed E-state index contributed by atoms with van der Waals surface area (Å²) in [7, 11) is -3.59. The van der Waals surface area contributed by atoms with Gasteiger partial charge in [0.1, 0.15) is 0 Å². The van der Waals surface area contributed by atoms with Crippen LogP contribution in [0.1, 0.15) is 12.8 Å². The topological polar surface area (TPSA) is 70.5 Å². The van der Waals surface area contributed by atoms with Crippen LogP contribution in [-0.2, 0) is 10.0 Å². The number of pyridine rings is 1. The van der Waals surface area contributed by atoms with E-state index in [0.29, 0.717) is 23.9 Å². The highest BCUT2D eigenvalue weighted by atomic mass is 32.2. The van der Waals surface area contributed by atoms with Gasteiger partial charge in [-0.05, 0) is 37.1 Å². The van der Waals surface area contributed by atoms with Crippen molar-refractivity contribution in [3.63, 3.8) is 0 Å². The number of benzene rings is 1. The van der Waals surface area contributed by atoms with Crippen LogP contribution in [0.25, 0.3) is 10.9 Å². The molecule has 0 bridgehead atoms. The quantitative estimate of drug-likeness (QED) is 0.928. The molecule has 3 rings (SSSR count). The monoisotopic (exact) mass is 292 g/mol. The molecule has 0 aliphatic carbocycles. The Labute approximate surface area is 117 Å². The first kappa shape index (κ1) is 13.5. The van der Waals surface area contributed by atoms with Crippen LogP contribution in [0.3, 0.4) is 0 Å². The number of nitrogens with zero attached hydrogens (tertiary/aromatic N) is 2. The predicted octanol–water partition coefficient (Wildman–Crippen LogP) is 1.38. The lowest BCUT2D eigenvalue weighted by molar-refractivity contribution is 0.213. The number of aliphatic hydroxyl groups is 1. The van der Waals surface area contributed by atoms with E-state index in [9.17, 15) is 13.5 Å². The maximum atomic E-state index is 12.8. The van der Waals surface area contributed by atoms with E-state index in [1.807, 2.05) is 0 Å². The highest BCUT2D eigenvalue weighted by Crippen LogP contribution is 2.29. The van der Waals surface area contributed by atoms with Crippen molar-refractivity contribution >= 4 is 20.9 Å². The molecule has 6 heteroatoms. The smallest absolute Gasteiger partial charge is 0.244 e. The highest BCUT2D eigenvalue weighted by Gasteiger charge is 2.35. The average Bonchev–Trinajstić information content (AvgIpc) is 2.96. The van der Waals surface area contributed by atoms with Crippen LogP contribution in [0.2, 0.25) is 0 Å². The standard InChI is InChI=1S/C14H16N2O3S/c17-10-11-4-3-9-16(11)20(18,19)14-7-1-6-13-12(14)5-2-8-15-13/h1-2,5-8,11,17H,3-4,9-10H2/t11-/m1/s1. The zero-order chi connectivity index (χ0) is 14.2. The Bertz CT molecular complexity index is 725. The molecule has 5 nitrogen and oxygen atoms in total. The summed E-state index contributed by atoms with van der Waals surface area (Å²) in [6.07, 6.45) is 3.14. The molecule has 20 heavy (non-hydrogen) atoms. The van der Waals surface area contributed by atoms with E-state index in [4.69, 9.17) is 0 Å². The predicted molar refractivity (Wildman–Crippen MR) is 75.7 cm³/mol. The van der Waals surface area contributed by atoms with E-state index >= 15 is 0 Å². The van der Waals surface area contributed by atoms with Crippen LogP contribution in [0.4, 0.5) is 0 Å². The maximum absolute atomic E-state index is 12.8. The summed E-state index contributed by atoms with van der Waals surface area (Å²) in [6.45, 7) is 0.326. The SMILES string of the molecule is O=S(=O)(c1cccc2ncccc12)N1CCC[C@@H]1CO. The molecule has 0 saturated carbocycles. The molecular weight excluding hydrogens is 276 g/mol. The fraction of sp³-hybridized carbons (Fsp3) is 0.357. The van der Waals surface area contributed by atoms with Crippen molar-refractivity contribution in [1.82, 2.24) is 9.29 Å². The molecule has 0 radical (unpaired) electrons. The summed E-state index contributed by atoms with van der Waals surface area (Å²) < 4.78 is 27.0. The van der Waals surface area contributed by atoms with Gasteiger partial charge in [-0.25, -0.2) is 8.42 Å². The molecule has 1 N–H and O–H groups in total. The van der Waals surface area contributed by atoms with Crippen LogP contribution < -0.4 is 0 Å². The Hall–Kier alpha value is -1.50. The summed E-state index contributed by atoms with van der Waals surface area (Å²) >= 11 is 0. The van der Waals surface area contributed by atoms with Crippen molar-refractivity contribution in [2.75, 3.05) is 13.2 Å². The lowest BCUT2D eigenvalue weighted by atomic mass is 10.2. The first-order chi connectivity index (χ1) is 9.64. The normalized spacial score (nSPS) is 20.6. The van der Waals surface area contributed by atoms with Gasteiger partial charge in [0, 0.05) is 24.2 Å². The van der Waals surface area contributed by atoms with Crippen molar-refractivity contribution in [1.29, 1.82) is 0 Å². The van der Waals surface area contributed by atoms with Crippen molar-refractivity contribution in [3.8, 4) is 0 Å². The summed E-state index contributed by atoms with van der Waals surface area (Å²) in [5.41, 5.74) is 0.660. The largest absolute Gasteiger partial charge is 0.395 e. The molecule has 2 aromatic rings. The Morgan fingerprint density at radius 1 is 1.30 bits per heavy atom. The Balaban J connectivity index is 2.14. The zero-order valence-electron chi connectivity index (χ0n) is 10.9. The minimum absolute atomic E-state index is 0.137. The van der Waals surface area contributed by atoms with Gasteiger partial charge in [-0.2, -0.15) is 4.31 Å². The van der Waals surface area contributed by atoms with E-state index in [1.54, 1.807) is 36.5 Å². The molecule has 0 spiro atoms. The molecule has 106 valence electrons. The van der Waals surface area contributed by atoms with Gasteiger partial charge in [0.2, 0.25) is 10.0 Å². The van der Waals surface area contributed by atoms with Crippen molar-refractivity contribution < 1.29 is 13.5 Å². The molecule has 1 atom stereocenters. The van der Waals surface area contributed by atoms with Crippen molar-refractivity contribution in [2.45, 2.75) is 23.8 Å². The molecule has 2 heterocycles. The number of rotatable bonds is 3. The fourth-order valence-electron chi connectivity index (χ4n) is 2.73. The van der Waals surface area contributed by atoms with E-state index in [0.717, 1.165) is 6.42 Å². The number of aliphatic hydroxyl groups excluding tert-OH is 1. The molecule has 0 amide bonds. The first-order valence-electron chi connectivity index (χ1n) is 6.61. The van der Waals surface area contributed by atoms with Crippen LogP contribution in [-0.4, -0.2) is 42.0 Å². The van der Waals surface area contributed by atoms with Gasteiger partial charge in [0.25, 0.3) is 0 Å². The number of aromatic nitrogens is 1. The van der Waals surface area contributed by atoms with Crippen molar-refractivity contribution in [3.05, 3.63) is 36.5 Å². The second kappa shape index (κ2) is 5.12. The third-order valence-corrected chi connectivity index (χ3v) is 5.74. The molecular formula is C14H16N2O3S. The van der Waals surface area contributed by atoms with E-state index in [2.05, 4.69) is 4.98 Å². The Kier molecular flexibility index (Phi) is 3.45. The van der Waals surface area contributed by atoms with Gasteiger partial charge in [-0.1, -0.05) is 6.07 Å². The number of hydrogen-bond acceptors (Lipinski definition) is 4. The second-order valence-corrected chi connectivity index (χ2v) is 6.78. The summed E-state index contributed by atoms with van der Waals surface area (Å²) in [6, 6.07) is 8.28. The van der Waals surface area contributed by atoms with Crippen LogP contribution >= 0.6 is 0 Å². The third kappa shape index (κ3) is 2.09. The lowest BCUT2D eigenvalue weighted by Crippen LogP contribution is -2.37. The molecule has 1 fully saturated rings. The third-order valence-electron chi connectivity index (χ3n) is 3.73. The van der Waals surface area contributed by atoms with E-state index < -0.39 is 10.0 Å². The van der Waals surface area contributed by atoms with Gasteiger partial charge in [0.05, 0.1) is 17.0 Å². The highest BCUT2D eigenvalue weighted by molar-refractivity contribution is 7.89. The van der Waals surface area contributed by atoms with Gasteiger partial charge >= 0.3 is 0 Å². The van der Waals surface area contributed by atoms with Gasteiger partial charge < -0.3 is 5.11 Å². The van der Waals surface area contributed by atoms with Gasteiger partial charge in [-0.3, -0.25) is 4.98 Å². The van der Waals surface area contributed by atoms with Gasteiger partial charge in [0.15, 0.2) is 0 Å². The second-order valence-electron chi connectivity index (χ2n) is 4.92. The summed E-state index contributed by atoms with van der Waals surface area (Å²) in [5.74, 6) is 0. The van der Waals surface area contributed by atoms with E-state index in [1.165, 1.54) is 4.31 Å².